The number of carbonyl (C=O) groups is 3. The van der Waals surface area contributed by atoms with Crippen molar-refractivity contribution in [2.45, 2.75) is 6.42 Å². The molecule has 6 nitrogen and oxygen atoms in total. The van der Waals surface area contributed by atoms with Gasteiger partial charge in [-0.25, -0.2) is 0 Å². The molecule has 1 aromatic rings. The maximum atomic E-state index is 11.5. The van der Waals surface area contributed by atoms with Gasteiger partial charge in [-0.3, -0.25) is 19.7 Å². The molecule has 6 heteroatoms. The summed E-state index contributed by atoms with van der Waals surface area (Å²) in [4.78, 5) is 33.1. The van der Waals surface area contributed by atoms with Crippen LogP contribution in [-0.2, 0) is 20.8 Å². The van der Waals surface area contributed by atoms with E-state index in [1.807, 2.05) is 0 Å². The SMILES string of the molecule is COc1ccc(CC(=O)NC(=O)/C=C/C(N)=O)cc1. The van der Waals surface area contributed by atoms with Gasteiger partial charge in [0.15, 0.2) is 0 Å². The van der Waals surface area contributed by atoms with E-state index in [4.69, 9.17) is 10.5 Å². The summed E-state index contributed by atoms with van der Waals surface area (Å²) in [6.07, 6.45) is 1.85. The van der Waals surface area contributed by atoms with Crippen molar-refractivity contribution in [2.24, 2.45) is 5.73 Å². The fourth-order valence-electron chi connectivity index (χ4n) is 1.31. The first-order valence-corrected chi connectivity index (χ1v) is 5.45. The zero-order chi connectivity index (χ0) is 14.3. The number of ether oxygens (including phenoxy) is 1. The number of carbonyl (C=O) groups excluding carboxylic acids is 3. The Morgan fingerprint density at radius 1 is 1.21 bits per heavy atom. The van der Waals surface area contributed by atoms with Crippen LogP contribution in [0.1, 0.15) is 5.56 Å². The van der Waals surface area contributed by atoms with Gasteiger partial charge in [0.05, 0.1) is 13.5 Å². The number of amides is 3. The lowest BCUT2D eigenvalue weighted by atomic mass is 10.1. The number of hydrogen-bond donors (Lipinski definition) is 2. The minimum absolute atomic E-state index is 0.0557. The first kappa shape index (κ1) is 14.4. The second-order valence-corrected chi connectivity index (χ2v) is 3.67. The predicted octanol–water partition coefficient (Wildman–Crippen LogP) is -0.0780. The number of imide groups is 1. The number of methoxy groups -OCH3 is 1. The lowest BCUT2D eigenvalue weighted by Gasteiger charge is -2.03. The van der Waals surface area contributed by atoms with E-state index in [9.17, 15) is 14.4 Å². The highest BCUT2D eigenvalue weighted by Crippen LogP contribution is 2.11. The highest BCUT2D eigenvalue weighted by molar-refractivity contribution is 6.04. The number of nitrogens with one attached hydrogen (secondary N) is 1. The summed E-state index contributed by atoms with van der Waals surface area (Å²) in [5, 5.41) is 2.11. The molecule has 0 unspecified atom stereocenters. The van der Waals surface area contributed by atoms with Crippen LogP contribution in [-0.4, -0.2) is 24.8 Å². The molecule has 1 aromatic carbocycles. The Labute approximate surface area is 110 Å². The summed E-state index contributed by atoms with van der Waals surface area (Å²) in [7, 11) is 1.55. The largest absolute Gasteiger partial charge is 0.497 e. The van der Waals surface area contributed by atoms with E-state index in [1.54, 1.807) is 31.4 Å². The van der Waals surface area contributed by atoms with E-state index in [0.29, 0.717) is 5.75 Å². The van der Waals surface area contributed by atoms with E-state index in [2.05, 4.69) is 5.32 Å². The first-order chi connectivity index (χ1) is 9.01. The van der Waals surface area contributed by atoms with Crippen LogP contribution in [0.5, 0.6) is 5.75 Å². The van der Waals surface area contributed by atoms with Gasteiger partial charge >= 0.3 is 0 Å². The van der Waals surface area contributed by atoms with Crippen LogP contribution >= 0.6 is 0 Å². The molecular weight excluding hydrogens is 248 g/mol. The topological polar surface area (TPSA) is 98.5 Å². The van der Waals surface area contributed by atoms with Gasteiger partial charge in [-0.05, 0) is 17.7 Å². The van der Waals surface area contributed by atoms with Crippen molar-refractivity contribution >= 4 is 17.7 Å². The molecule has 0 saturated carbocycles. The van der Waals surface area contributed by atoms with E-state index in [0.717, 1.165) is 17.7 Å². The van der Waals surface area contributed by atoms with Crippen LogP contribution in [0.2, 0.25) is 0 Å². The van der Waals surface area contributed by atoms with Crippen molar-refractivity contribution in [1.29, 1.82) is 0 Å². The molecule has 0 aliphatic rings. The predicted molar refractivity (Wildman–Crippen MR) is 68.2 cm³/mol. The van der Waals surface area contributed by atoms with Crippen LogP contribution in [0.4, 0.5) is 0 Å². The molecule has 3 N–H and O–H groups in total. The zero-order valence-corrected chi connectivity index (χ0v) is 10.4. The molecule has 0 saturated heterocycles. The molecule has 0 aliphatic heterocycles. The Balaban J connectivity index is 2.50. The average molecular weight is 262 g/mol. The van der Waals surface area contributed by atoms with Crippen LogP contribution in [0, 0.1) is 0 Å². The standard InChI is InChI=1S/C13H14N2O4/c1-19-10-4-2-9(3-5-10)8-13(18)15-12(17)7-6-11(14)16/h2-7H,8H2,1H3,(H2,14,16)(H,15,17,18)/b7-6+. The van der Waals surface area contributed by atoms with Crippen LogP contribution in [0.25, 0.3) is 0 Å². The molecule has 19 heavy (non-hydrogen) atoms. The Hall–Kier alpha value is -2.63. The third-order valence-corrected chi connectivity index (χ3v) is 2.19. The van der Waals surface area contributed by atoms with Crippen LogP contribution < -0.4 is 15.8 Å². The quantitative estimate of drug-likeness (QED) is 0.725. The normalized spacial score (nSPS) is 10.2. The van der Waals surface area contributed by atoms with E-state index < -0.39 is 17.7 Å². The van der Waals surface area contributed by atoms with Crippen molar-refractivity contribution in [3.8, 4) is 5.75 Å². The Morgan fingerprint density at radius 2 is 1.84 bits per heavy atom. The fraction of sp³-hybridized carbons (Fsp3) is 0.154. The summed E-state index contributed by atoms with van der Waals surface area (Å²) in [5.41, 5.74) is 5.56. The summed E-state index contributed by atoms with van der Waals surface area (Å²) >= 11 is 0. The van der Waals surface area contributed by atoms with E-state index in [-0.39, 0.29) is 6.42 Å². The van der Waals surface area contributed by atoms with Crippen molar-refractivity contribution in [2.75, 3.05) is 7.11 Å². The molecule has 1 rings (SSSR count). The molecule has 3 amide bonds. The first-order valence-electron chi connectivity index (χ1n) is 5.45. The number of benzene rings is 1. The number of nitrogens with two attached hydrogens (primary N) is 1. The summed E-state index contributed by atoms with van der Waals surface area (Å²) in [5.74, 6) is -1.22. The smallest absolute Gasteiger partial charge is 0.250 e. The van der Waals surface area contributed by atoms with Crippen molar-refractivity contribution < 1.29 is 19.1 Å². The van der Waals surface area contributed by atoms with Gasteiger partial charge in [0.2, 0.25) is 11.8 Å². The van der Waals surface area contributed by atoms with Crippen molar-refractivity contribution in [3.05, 3.63) is 42.0 Å². The third-order valence-electron chi connectivity index (χ3n) is 2.19. The third kappa shape index (κ3) is 5.49. The Kier molecular flexibility index (Phi) is 5.28. The van der Waals surface area contributed by atoms with E-state index in [1.165, 1.54) is 0 Å². The van der Waals surface area contributed by atoms with Gasteiger partial charge in [0.1, 0.15) is 5.75 Å². The minimum Gasteiger partial charge on any atom is -0.497 e. The molecule has 0 fully saturated rings. The monoisotopic (exact) mass is 262 g/mol. The van der Waals surface area contributed by atoms with Gasteiger partial charge in [0.25, 0.3) is 5.91 Å². The fourth-order valence-corrected chi connectivity index (χ4v) is 1.31. The molecule has 0 aliphatic carbocycles. The van der Waals surface area contributed by atoms with Crippen LogP contribution in [0.15, 0.2) is 36.4 Å². The van der Waals surface area contributed by atoms with E-state index >= 15 is 0 Å². The molecule has 0 aromatic heterocycles. The maximum absolute atomic E-state index is 11.5. The highest BCUT2D eigenvalue weighted by atomic mass is 16.5. The molecule has 0 radical (unpaired) electrons. The molecular formula is C13H14N2O4. The van der Waals surface area contributed by atoms with Gasteiger partial charge in [-0.1, -0.05) is 12.1 Å². The number of rotatable bonds is 5. The zero-order valence-electron chi connectivity index (χ0n) is 10.4. The van der Waals surface area contributed by atoms with Gasteiger partial charge < -0.3 is 10.5 Å². The summed E-state index contributed by atoms with van der Waals surface area (Å²) in [6.45, 7) is 0. The summed E-state index contributed by atoms with van der Waals surface area (Å²) in [6, 6.07) is 6.89. The molecule has 0 bridgehead atoms. The average Bonchev–Trinajstić information content (AvgIpc) is 2.37. The van der Waals surface area contributed by atoms with Gasteiger partial charge in [-0.2, -0.15) is 0 Å². The minimum atomic E-state index is -0.752. The van der Waals surface area contributed by atoms with Gasteiger partial charge in [0, 0.05) is 12.2 Å². The highest BCUT2D eigenvalue weighted by Gasteiger charge is 2.06. The molecule has 0 heterocycles. The second kappa shape index (κ2) is 6.95. The lowest BCUT2D eigenvalue weighted by molar-refractivity contribution is -0.127. The molecule has 0 spiro atoms. The number of primary amides is 1. The lowest BCUT2D eigenvalue weighted by Crippen LogP contribution is -2.30. The number of hydrogen-bond acceptors (Lipinski definition) is 4. The van der Waals surface area contributed by atoms with Gasteiger partial charge in [-0.15, -0.1) is 0 Å². The maximum Gasteiger partial charge on any atom is 0.250 e. The van der Waals surface area contributed by atoms with Crippen molar-refractivity contribution in [3.63, 3.8) is 0 Å². The van der Waals surface area contributed by atoms with Crippen molar-refractivity contribution in [1.82, 2.24) is 5.32 Å². The van der Waals surface area contributed by atoms with Crippen LogP contribution in [0.3, 0.4) is 0 Å². The molecule has 0 atom stereocenters. The second-order valence-electron chi connectivity index (χ2n) is 3.67. The Bertz CT molecular complexity index is 506. The molecule has 100 valence electrons. The Morgan fingerprint density at radius 3 is 2.37 bits per heavy atom. The summed E-state index contributed by atoms with van der Waals surface area (Å²) < 4.78 is 4.99.